The lowest BCUT2D eigenvalue weighted by atomic mass is 9.96. The van der Waals surface area contributed by atoms with E-state index in [4.69, 9.17) is 4.74 Å². The van der Waals surface area contributed by atoms with Gasteiger partial charge in [0, 0.05) is 18.2 Å². The average molecular weight is 255 g/mol. The van der Waals surface area contributed by atoms with E-state index in [0.29, 0.717) is 12.0 Å². The Labute approximate surface area is 106 Å². The quantitative estimate of drug-likeness (QED) is 0.892. The van der Waals surface area contributed by atoms with Crippen LogP contribution < -0.4 is 5.32 Å². The Morgan fingerprint density at radius 3 is 2.83 bits per heavy atom. The van der Waals surface area contributed by atoms with Crippen molar-refractivity contribution in [1.82, 2.24) is 5.32 Å². The normalized spacial score (nSPS) is 21.2. The third-order valence-corrected chi connectivity index (χ3v) is 3.54. The van der Waals surface area contributed by atoms with Gasteiger partial charge in [0.15, 0.2) is 0 Å². The Balaban J connectivity index is 2.23. The number of rotatable bonds is 4. The minimum absolute atomic E-state index is 0.0989. The number of hydrogen-bond donors (Lipinski definition) is 1. The van der Waals surface area contributed by atoms with Crippen molar-refractivity contribution in [2.45, 2.75) is 38.3 Å². The zero-order chi connectivity index (χ0) is 13.1. The first-order valence-corrected chi connectivity index (χ1v) is 6.37. The lowest BCUT2D eigenvalue weighted by Gasteiger charge is -2.21. The predicted molar refractivity (Wildman–Crippen MR) is 66.5 cm³/mol. The Bertz CT molecular complexity index is 417. The van der Waals surface area contributed by atoms with Crippen molar-refractivity contribution < 1.29 is 13.5 Å². The molecule has 1 aliphatic heterocycles. The topological polar surface area (TPSA) is 21.3 Å². The summed E-state index contributed by atoms with van der Waals surface area (Å²) in [5, 5.41) is 2.99. The molecule has 1 heterocycles. The van der Waals surface area contributed by atoms with Gasteiger partial charge in [-0.25, -0.2) is 8.78 Å². The van der Waals surface area contributed by atoms with Crippen molar-refractivity contribution in [2.75, 3.05) is 13.7 Å². The van der Waals surface area contributed by atoms with E-state index < -0.39 is 11.6 Å². The summed E-state index contributed by atoms with van der Waals surface area (Å²) >= 11 is 0. The molecule has 0 saturated carbocycles. The molecule has 1 aromatic rings. The fraction of sp³-hybridized carbons (Fsp3) is 0.571. The summed E-state index contributed by atoms with van der Waals surface area (Å²) in [5.74, 6) is -0.942. The molecule has 18 heavy (non-hydrogen) atoms. The number of aryl methyl sites for hydroxylation is 1. The Hall–Kier alpha value is -1.00. The summed E-state index contributed by atoms with van der Waals surface area (Å²) in [7, 11) is 1.72. The molecule has 0 aliphatic carbocycles. The van der Waals surface area contributed by atoms with Crippen LogP contribution in [0.5, 0.6) is 0 Å². The molecule has 1 aromatic carbocycles. The fourth-order valence-electron chi connectivity index (χ4n) is 2.47. The minimum atomic E-state index is -0.490. The Morgan fingerprint density at radius 1 is 1.44 bits per heavy atom. The third-order valence-electron chi connectivity index (χ3n) is 3.54. The molecule has 2 unspecified atom stereocenters. The van der Waals surface area contributed by atoms with Gasteiger partial charge in [-0.05, 0) is 44.9 Å². The van der Waals surface area contributed by atoms with Crippen LogP contribution in [0.25, 0.3) is 0 Å². The van der Waals surface area contributed by atoms with E-state index in [2.05, 4.69) is 5.32 Å². The standard InChI is InChI=1S/C14H19F2NO/c1-9-5-6-11(15)13(14(9)16)12(17-2)8-10-4-3-7-18-10/h5-6,10,12,17H,3-4,7-8H2,1-2H3. The highest BCUT2D eigenvalue weighted by Crippen LogP contribution is 2.29. The Kier molecular flexibility index (Phi) is 4.30. The summed E-state index contributed by atoms with van der Waals surface area (Å²) in [4.78, 5) is 0. The van der Waals surface area contributed by atoms with Crippen molar-refractivity contribution in [1.29, 1.82) is 0 Å². The monoisotopic (exact) mass is 255 g/mol. The van der Waals surface area contributed by atoms with Crippen molar-refractivity contribution in [2.24, 2.45) is 0 Å². The molecule has 100 valence electrons. The van der Waals surface area contributed by atoms with Crippen LogP contribution in [-0.4, -0.2) is 19.8 Å². The summed E-state index contributed by atoms with van der Waals surface area (Å²) in [6.45, 7) is 2.40. The van der Waals surface area contributed by atoms with E-state index >= 15 is 0 Å². The molecule has 2 atom stereocenters. The van der Waals surface area contributed by atoms with Gasteiger partial charge in [-0.3, -0.25) is 0 Å². The van der Waals surface area contributed by atoms with Crippen LogP contribution in [0.15, 0.2) is 12.1 Å². The van der Waals surface area contributed by atoms with E-state index in [0.717, 1.165) is 19.4 Å². The molecule has 1 N–H and O–H groups in total. The summed E-state index contributed by atoms with van der Waals surface area (Å²) in [6.07, 6.45) is 2.70. The molecule has 0 amide bonds. The molecule has 0 aromatic heterocycles. The first-order chi connectivity index (χ1) is 8.63. The summed E-state index contributed by atoms with van der Waals surface area (Å²) < 4.78 is 33.4. The number of hydrogen-bond acceptors (Lipinski definition) is 2. The number of nitrogens with one attached hydrogen (secondary N) is 1. The molecule has 1 saturated heterocycles. The van der Waals surface area contributed by atoms with Gasteiger partial charge in [0.1, 0.15) is 11.6 Å². The number of halogens is 2. The second-order valence-corrected chi connectivity index (χ2v) is 4.80. The highest BCUT2D eigenvalue weighted by molar-refractivity contribution is 5.29. The highest BCUT2D eigenvalue weighted by Gasteiger charge is 2.25. The van der Waals surface area contributed by atoms with E-state index in [1.165, 1.54) is 12.1 Å². The van der Waals surface area contributed by atoms with Crippen LogP contribution in [0.3, 0.4) is 0 Å². The third kappa shape index (κ3) is 2.70. The SMILES string of the molecule is CNC(CC1CCCO1)c1c(F)ccc(C)c1F. The summed E-state index contributed by atoms with van der Waals surface area (Å²) in [5.41, 5.74) is 0.604. The van der Waals surface area contributed by atoms with Gasteiger partial charge in [0.25, 0.3) is 0 Å². The maximum atomic E-state index is 14.1. The predicted octanol–water partition coefficient (Wildman–Crippen LogP) is 3.10. The van der Waals surface area contributed by atoms with E-state index in [1.54, 1.807) is 14.0 Å². The van der Waals surface area contributed by atoms with E-state index in [1.807, 2.05) is 0 Å². The average Bonchev–Trinajstić information content (AvgIpc) is 2.86. The smallest absolute Gasteiger partial charge is 0.133 e. The molecular weight excluding hydrogens is 236 g/mol. The van der Waals surface area contributed by atoms with Crippen LogP contribution in [-0.2, 0) is 4.74 Å². The van der Waals surface area contributed by atoms with Crippen LogP contribution in [0, 0.1) is 18.6 Å². The lowest BCUT2D eigenvalue weighted by molar-refractivity contribution is 0.0946. The highest BCUT2D eigenvalue weighted by atomic mass is 19.1. The minimum Gasteiger partial charge on any atom is -0.378 e. The molecule has 2 rings (SSSR count). The van der Waals surface area contributed by atoms with Gasteiger partial charge in [-0.2, -0.15) is 0 Å². The molecule has 1 aliphatic rings. The molecule has 2 nitrogen and oxygen atoms in total. The first kappa shape index (κ1) is 13.4. The van der Waals surface area contributed by atoms with Crippen molar-refractivity contribution >= 4 is 0 Å². The zero-order valence-electron chi connectivity index (χ0n) is 10.8. The van der Waals surface area contributed by atoms with Gasteiger partial charge in [-0.15, -0.1) is 0 Å². The summed E-state index contributed by atoms with van der Waals surface area (Å²) in [6, 6.07) is 2.45. The fourth-order valence-corrected chi connectivity index (χ4v) is 2.47. The molecular formula is C14H19F2NO. The Morgan fingerprint density at radius 2 is 2.22 bits per heavy atom. The largest absolute Gasteiger partial charge is 0.378 e. The second kappa shape index (κ2) is 5.76. The van der Waals surface area contributed by atoms with E-state index in [-0.39, 0.29) is 17.7 Å². The molecule has 0 radical (unpaired) electrons. The van der Waals surface area contributed by atoms with Crippen LogP contribution in [0.2, 0.25) is 0 Å². The van der Waals surface area contributed by atoms with Gasteiger partial charge >= 0.3 is 0 Å². The van der Waals surface area contributed by atoms with Gasteiger partial charge < -0.3 is 10.1 Å². The second-order valence-electron chi connectivity index (χ2n) is 4.80. The van der Waals surface area contributed by atoms with E-state index in [9.17, 15) is 8.78 Å². The molecule has 0 spiro atoms. The van der Waals surface area contributed by atoms with Crippen LogP contribution in [0.4, 0.5) is 8.78 Å². The van der Waals surface area contributed by atoms with Crippen LogP contribution >= 0.6 is 0 Å². The maximum Gasteiger partial charge on any atom is 0.133 e. The maximum absolute atomic E-state index is 14.1. The van der Waals surface area contributed by atoms with Gasteiger partial charge in [0.05, 0.1) is 6.10 Å². The van der Waals surface area contributed by atoms with Crippen molar-refractivity contribution in [3.63, 3.8) is 0 Å². The molecule has 0 bridgehead atoms. The molecule has 1 fully saturated rings. The van der Waals surface area contributed by atoms with Gasteiger partial charge in [0.2, 0.25) is 0 Å². The lowest BCUT2D eigenvalue weighted by Crippen LogP contribution is -2.24. The zero-order valence-corrected chi connectivity index (χ0v) is 10.8. The van der Waals surface area contributed by atoms with Crippen molar-refractivity contribution in [3.8, 4) is 0 Å². The van der Waals surface area contributed by atoms with Gasteiger partial charge in [-0.1, -0.05) is 6.07 Å². The number of ether oxygens (including phenoxy) is 1. The van der Waals surface area contributed by atoms with Crippen LogP contribution in [0.1, 0.15) is 36.4 Å². The first-order valence-electron chi connectivity index (χ1n) is 6.37. The molecule has 4 heteroatoms. The van der Waals surface area contributed by atoms with Crippen molar-refractivity contribution in [3.05, 3.63) is 34.9 Å². The number of benzene rings is 1.